The van der Waals surface area contributed by atoms with Gasteiger partial charge in [0.2, 0.25) is 5.91 Å². The van der Waals surface area contributed by atoms with E-state index in [2.05, 4.69) is 20.8 Å². The van der Waals surface area contributed by atoms with Crippen LogP contribution in [0.5, 0.6) is 0 Å². The summed E-state index contributed by atoms with van der Waals surface area (Å²) >= 11 is 0. The summed E-state index contributed by atoms with van der Waals surface area (Å²) in [5.74, 6) is 0.667. The Labute approximate surface area is 87.7 Å². The largest absolute Gasteiger partial charge is 0.340 e. The fourth-order valence-corrected chi connectivity index (χ4v) is 1.98. The van der Waals surface area contributed by atoms with Gasteiger partial charge in [-0.25, -0.2) is 0 Å². The molecule has 0 aromatic rings. The molecule has 82 valence electrons. The molecule has 0 unspecified atom stereocenters. The number of carbonyl (C=O) groups is 1. The van der Waals surface area contributed by atoms with E-state index < -0.39 is 0 Å². The monoisotopic (exact) mass is 197 g/mol. The van der Waals surface area contributed by atoms with Crippen LogP contribution >= 0.6 is 0 Å². The molecule has 0 saturated heterocycles. The molecule has 0 heterocycles. The molecule has 0 aromatic carbocycles. The van der Waals surface area contributed by atoms with E-state index >= 15 is 0 Å². The lowest BCUT2D eigenvalue weighted by atomic mass is 9.97. The summed E-state index contributed by atoms with van der Waals surface area (Å²) in [5.41, 5.74) is 0.0136. The Morgan fingerprint density at radius 2 is 1.86 bits per heavy atom. The first-order chi connectivity index (χ1) is 6.49. The van der Waals surface area contributed by atoms with Gasteiger partial charge in [0.15, 0.2) is 0 Å². The normalized spacial score (nSPS) is 18.6. The topological polar surface area (TPSA) is 20.3 Å². The van der Waals surface area contributed by atoms with Gasteiger partial charge in [0.1, 0.15) is 0 Å². The summed E-state index contributed by atoms with van der Waals surface area (Å²) in [4.78, 5) is 14.0. The molecular weight excluding hydrogens is 174 g/mol. The highest BCUT2D eigenvalue weighted by molar-refractivity contribution is 5.79. The van der Waals surface area contributed by atoms with Gasteiger partial charge in [-0.05, 0) is 33.1 Å². The van der Waals surface area contributed by atoms with Crippen molar-refractivity contribution >= 4 is 5.91 Å². The van der Waals surface area contributed by atoms with Crippen molar-refractivity contribution in [2.75, 3.05) is 7.05 Å². The second-order valence-electron chi connectivity index (χ2n) is 5.04. The molecule has 2 heteroatoms. The highest BCUT2D eigenvalue weighted by Gasteiger charge is 2.31. The highest BCUT2D eigenvalue weighted by atomic mass is 16.2. The summed E-state index contributed by atoms with van der Waals surface area (Å²) < 4.78 is 0. The van der Waals surface area contributed by atoms with E-state index in [-0.39, 0.29) is 5.54 Å². The molecule has 0 bridgehead atoms. The van der Waals surface area contributed by atoms with Crippen LogP contribution < -0.4 is 0 Å². The zero-order valence-corrected chi connectivity index (χ0v) is 9.97. The first-order valence-electron chi connectivity index (χ1n) is 5.76. The molecule has 0 spiro atoms. The minimum atomic E-state index is 0.0136. The predicted octanol–water partition coefficient (Wildman–Crippen LogP) is 2.82. The van der Waals surface area contributed by atoms with Gasteiger partial charge in [0.05, 0.1) is 0 Å². The van der Waals surface area contributed by atoms with Crippen LogP contribution in [0.1, 0.15) is 52.9 Å². The summed E-state index contributed by atoms with van der Waals surface area (Å²) in [6, 6.07) is 0. The first-order valence-corrected chi connectivity index (χ1v) is 5.76. The average molecular weight is 197 g/mol. The van der Waals surface area contributed by atoms with Crippen LogP contribution in [0.25, 0.3) is 0 Å². The predicted molar refractivity (Wildman–Crippen MR) is 59.1 cm³/mol. The molecule has 1 amide bonds. The van der Waals surface area contributed by atoms with E-state index in [0.29, 0.717) is 11.8 Å². The Kier molecular flexibility index (Phi) is 3.57. The second kappa shape index (κ2) is 4.33. The molecule has 0 N–H and O–H groups in total. The standard InChI is InChI=1S/C12H23NO/c1-5-12(2,3)13(4)11(14)10-8-6-7-9-10/h10H,5-9H2,1-4H3. The SMILES string of the molecule is CCC(C)(C)N(C)C(=O)C1CCCC1. The van der Waals surface area contributed by atoms with Crippen molar-refractivity contribution in [2.24, 2.45) is 5.92 Å². The molecule has 2 nitrogen and oxygen atoms in total. The van der Waals surface area contributed by atoms with Gasteiger partial charge in [0.25, 0.3) is 0 Å². The van der Waals surface area contributed by atoms with Crippen LogP contribution in [0.3, 0.4) is 0 Å². The zero-order valence-electron chi connectivity index (χ0n) is 9.97. The molecular formula is C12H23NO. The Hall–Kier alpha value is -0.530. The van der Waals surface area contributed by atoms with Crippen molar-refractivity contribution in [3.8, 4) is 0 Å². The Morgan fingerprint density at radius 3 is 2.29 bits per heavy atom. The van der Waals surface area contributed by atoms with E-state index in [0.717, 1.165) is 19.3 Å². The van der Waals surface area contributed by atoms with Crippen LogP contribution in [-0.2, 0) is 4.79 Å². The van der Waals surface area contributed by atoms with Gasteiger partial charge in [-0.2, -0.15) is 0 Å². The molecule has 1 rings (SSSR count). The molecule has 1 aliphatic rings. The number of hydrogen-bond acceptors (Lipinski definition) is 1. The van der Waals surface area contributed by atoms with Crippen molar-refractivity contribution in [2.45, 2.75) is 58.4 Å². The van der Waals surface area contributed by atoms with Gasteiger partial charge in [-0.3, -0.25) is 4.79 Å². The number of hydrogen-bond donors (Lipinski definition) is 0. The van der Waals surface area contributed by atoms with Crippen LogP contribution in [0.4, 0.5) is 0 Å². The van der Waals surface area contributed by atoms with Gasteiger partial charge in [-0.15, -0.1) is 0 Å². The van der Waals surface area contributed by atoms with E-state index in [1.54, 1.807) is 0 Å². The number of carbonyl (C=O) groups excluding carboxylic acids is 1. The highest BCUT2D eigenvalue weighted by Crippen LogP contribution is 2.29. The molecule has 1 fully saturated rings. The van der Waals surface area contributed by atoms with Crippen LogP contribution in [0.15, 0.2) is 0 Å². The van der Waals surface area contributed by atoms with Crippen molar-refractivity contribution < 1.29 is 4.79 Å². The van der Waals surface area contributed by atoms with Gasteiger partial charge in [0, 0.05) is 18.5 Å². The van der Waals surface area contributed by atoms with Gasteiger partial charge in [-0.1, -0.05) is 19.8 Å². The van der Waals surface area contributed by atoms with E-state index in [4.69, 9.17) is 0 Å². The average Bonchev–Trinajstić information content (AvgIpc) is 2.68. The zero-order chi connectivity index (χ0) is 10.8. The maximum atomic E-state index is 12.1. The lowest BCUT2D eigenvalue weighted by Crippen LogP contribution is -2.46. The number of nitrogens with zero attached hydrogens (tertiary/aromatic N) is 1. The Bertz CT molecular complexity index is 204. The quantitative estimate of drug-likeness (QED) is 0.681. The maximum absolute atomic E-state index is 12.1. The molecule has 0 aromatic heterocycles. The maximum Gasteiger partial charge on any atom is 0.225 e. The van der Waals surface area contributed by atoms with Crippen LogP contribution in [0.2, 0.25) is 0 Å². The smallest absolute Gasteiger partial charge is 0.225 e. The Balaban J connectivity index is 2.59. The number of amides is 1. The van der Waals surface area contributed by atoms with Crippen molar-refractivity contribution in [1.82, 2.24) is 4.90 Å². The van der Waals surface area contributed by atoms with E-state index in [1.165, 1.54) is 12.8 Å². The number of rotatable bonds is 3. The third kappa shape index (κ3) is 2.28. The van der Waals surface area contributed by atoms with E-state index in [1.807, 2.05) is 11.9 Å². The third-order valence-electron chi connectivity index (χ3n) is 3.81. The van der Waals surface area contributed by atoms with Gasteiger partial charge < -0.3 is 4.90 Å². The van der Waals surface area contributed by atoms with Crippen molar-refractivity contribution in [3.63, 3.8) is 0 Å². The summed E-state index contributed by atoms with van der Waals surface area (Å²) in [5, 5.41) is 0. The molecule has 1 aliphatic carbocycles. The minimum Gasteiger partial charge on any atom is -0.340 e. The lowest BCUT2D eigenvalue weighted by molar-refractivity contribution is -0.138. The van der Waals surface area contributed by atoms with E-state index in [9.17, 15) is 4.79 Å². The molecule has 0 atom stereocenters. The molecule has 0 radical (unpaired) electrons. The second-order valence-corrected chi connectivity index (χ2v) is 5.04. The first kappa shape index (κ1) is 11.5. The Morgan fingerprint density at radius 1 is 1.36 bits per heavy atom. The van der Waals surface area contributed by atoms with Crippen LogP contribution in [-0.4, -0.2) is 23.4 Å². The van der Waals surface area contributed by atoms with Crippen LogP contribution in [0, 0.1) is 5.92 Å². The minimum absolute atomic E-state index is 0.0136. The van der Waals surface area contributed by atoms with Gasteiger partial charge >= 0.3 is 0 Å². The fraction of sp³-hybridized carbons (Fsp3) is 0.917. The lowest BCUT2D eigenvalue weighted by Gasteiger charge is -2.36. The molecule has 1 saturated carbocycles. The molecule has 14 heavy (non-hydrogen) atoms. The summed E-state index contributed by atoms with van der Waals surface area (Å²) in [7, 11) is 1.95. The summed E-state index contributed by atoms with van der Waals surface area (Å²) in [6.07, 6.45) is 5.68. The van der Waals surface area contributed by atoms with Crippen molar-refractivity contribution in [3.05, 3.63) is 0 Å². The third-order valence-corrected chi connectivity index (χ3v) is 3.81. The fourth-order valence-electron chi connectivity index (χ4n) is 1.98. The van der Waals surface area contributed by atoms with Crippen molar-refractivity contribution in [1.29, 1.82) is 0 Å². The summed E-state index contributed by atoms with van der Waals surface area (Å²) in [6.45, 7) is 6.41. The molecule has 0 aliphatic heterocycles.